The molecule has 0 radical (unpaired) electrons. The molecular weight excluding hydrogens is 432 g/mol. The van der Waals surface area contributed by atoms with Crippen LogP contribution in [0.15, 0.2) is 30.8 Å². The van der Waals surface area contributed by atoms with Crippen molar-refractivity contribution in [2.45, 2.75) is 73.8 Å². The first-order valence-corrected chi connectivity index (χ1v) is 12.7. The monoisotopic (exact) mass is 474 g/mol. The molecule has 0 fully saturated rings. The van der Waals surface area contributed by atoms with E-state index in [-0.39, 0.29) is 0 Å². The molecule has 1 N–H and O–H groups in total. The van der Waals surface area contributed by atoms with Gasteiger partial charge in [-0.3, -0.25) is 4.98 Å². The molecule has 0 saturated carbocycles. The van der Waals surface area contributed by atoms with E-state index in [9.17, 15) is 5.11 Å². The number of benzene rings is 1. The average molecular weight is 475 g/mol. The lowest BCUT2D eigenvalue weighted by Gasteiger charge is -2.31. The molecule has 4 nitrogen and oxygen atoms in total. The van der Waals surface area contributed by atoms with Crippen molar-refractivity contribution in [2.24, 2.45) is 0 Å². The number of ether oxygens (including phenoxy) is 1. The summed E-state index contributed by atoms with van der Waals surface area (Å²) in [4.78, 5) is 7.16. The lowest BCUT2D eigenvalue weighted by molar-refractivity contribution is 0.0463. The van der Waals surface area contributed by atoms with Crippen LogP contribution in [0, 0.1) is 13.8 Å². The van der Waals surface area contributed by atoms with Crippen LogP contribution in [-0.2, 0) is 11.2 Å². The molecule has 0 aliphatic rings. The normalized spacial score (nSPS) is 11.5. The minimum atomic E-state index is -0.577. The zero-order chi connectivity index (χ0) is 25.0. The highest BCUT2D eigenvalue weighted by molar-refractivity contribution is 6.32. The number of aryl methyl sites for hydroxylation is 3. The summed E-state index contributed by atoms with van der Waals surface area (Å²) in [6.45, 7) is 20.9. The summed E-state index contributed by atoms with van der Waals surface area (Å²) in [6, 6.07) is 8.18. The number of anilines is 1. The van der Waals surface area contributed by atoms with Crippen molar-refractivity contribution in [2.75, 3.05) is 31.2 Å². The van der Waals surface area contributed by atoms with E-state index >= 15 is 0 Å². The van der Waals surface area contributed by atoms with Gasteiger partial charge < -0.3 is 14.7 Å². The topological polar surface area (TPSA) is 45.6 Å². The van der Waals surface area contributed by atoms with Crippen LogP contribution >= 0.6 is 11.6 Å². The Bertz CT molecular complexity index is 882. The molecule has 5 heteroatoms. The zero-order valence-electron chi connectivity index (χ0n) is 21.7. The van der Waals surface area contributed by atoms with E-state index in [1.165, 1.54) is 5.56 Å². The Morgan fingerprint density at radius 2 is 1.85 bits per heavy atom. The van der Waals surface area contributed by atoms with Gasteiger partial charge in [-0.1, -0.05) is 64.4 Å². The predicted molar refractivity (Wildman–Crippen MR) is 144 cm³/mol. The van der Waals surface area contributed by atoms with E-state index in [1.807, 2.05) is 52.8 Å². The number of pyridine rings is 1. The smallest absolute Gasteiger partial charge is 0.0948 e. The van der Waals surface area contributed by atoms with E-state index in [1.54, 1.807) is 0 Å². The van der Waals surface area contributed by atoms with Crippen LogP contribution in [0.1, 0.15) is 75.5 Å². The van der Waals surface area contributed by atoms with Crippen molar-refractivity contribution in [3.63, 3.8) is 0 Å². The van der Waals surface area contributed by atoms with Gasteiger partial charge in [0.25, 0.3) is 0 Å². The minimum Gasteiger partial charge on any atom is -0.389 e. The maximum Gasteiger partial charge on any atom is 0.0948 e. The van der Waals surface area contributed by atoms with Gasteiger partial charge in [-0.2, -0.15) is 0 Å². The Hall–Kier alpha value is -1.88. The SMILES string of the molecule is C=C(c1ccc(C)cc1Cl)c1nc(C)cc(CCC)c1N(CCC)CC(O)COCC.CC. The maximum atomic E-state index is 10.6. The van der Waals surface area contributed by atoms with Crippen molar-refractivity contribution < 1.29 is 9.84 Å². The second-order valence-electron chi connectivity index (χ2n) is 8.09. The second-order valence-corrected chi connectivity index (χ2v) is 8.50. The molecule has 33 heavy (non-hydrogen) atoms. The molecule has 184 valence electrons. The first kappa shape index (κ1) is 29.2. The Morgan fingerprint density at radius 3 is 2.42 bits per heavy atom. The molecule has 0 bridgehead atoms. The van der Waals surface area contributed by atoms with E-state index in [0.717, 1.165) is 59.6 Å². The summed E-state index contributed by atoms with van der Waals surface area (Å²) >= 11 is 6.59. The van der Waals surface area contributed by atoms with Crippen molar-refractivity contribution in [1.29, 1.82) is 0 Å². The van der Waals surface area contributed by atoms with Crippen LogP contribution in [0.2, 0.25) is 5.02 Å². The summed E-state index contributed by atoms with van der Waals surface area (Å²) in [5, 5.41) is 11.3. The Kier molecular flexibility index (Phi) is 13.3. The third-order valence-corrected chi connectivity index (χ3v) is 5.52. The molecule has 1 atom stereocenters. The van der Waals surface area contributed by atoms with Gasteiger partial charge in [0.15, 0.2) is 0 Å². The quantitative estimate of drug-likeness (QED) is 0.359. The Morgan fingerprint density at radius 1 is 1.15 bits per heavy atom. The van der Waals surface area contributed by atoms with Crippen LogP contribution in [0.5, 0.6) is 0 Å². The number of hydrogen-bond donors (Lipinski definition) is 1. The fourth-order valence-electron chi connectivity index (χ4n) is 3.88. The van der Waals surface area contributed by atoms with Gasteiger partial charge >= 0.3 is 0 Å². The number of nitrogens with zero attached hydrogens (tertiary/aromatic N) is 2. The Balaban J connectivity index is 0.00000265. The van der Waals surface area contributed by atoms with Gasteiger partial charge in [-0.25, -0.2) is 0 Å². The summed E-state index contributed by atoms with van der Waals surface area (Å²) < 4.78 is 5.45. The van der Waals surface area contributed by atoms with Crippen molar-refractivity contribution in [3.05, 3.63) is 63.9 Å². The molecule has 1 unspecified atom stereocenters. The number of aliphatic hydroxyl groups is 1. The summed E-state index contributed by atoms with van der Waals surface area (Å²) in [6.07, 6.45) is 2.33. The van der Waals surface area contributed by atoms with E-state index in [0.29, 0.717) is 24.8 Å². The predicted octanol–water partition coefficient (Wildman–Crippen LogP) is 7.01. The van der Waals surface area contributed by atoms with Gasteiger partial charge in [0.05, 0.1) is 24.1 Å². The van der Waals surface area contributed by atoms with Crippen LogP contribution in [0.25, 0.3) is 5.57 Å². The van der Waals surface area contributed by atoms with Gasteiger partial charge in [0.2, 0.25) is 0 Å². The molecule has 2 aromatic rings. The molecule has 2 rings (SSSR count). The number of aliphatic hydroxyl groups excluding tert-OH is 1. The highest BCUT2D eigenvalue weighted by Gasteiger charge is 2.23. The summed E-state index contributed by atoms with van der Waals surface area (Å²) in [7, 11) is 0. The van der Waals surface area contributed by atoms with Gasteiger partial charge in [0, 0.05) is 41.5 Å². The molecule has 1 aromatic carbocycles. The molecule has 1 aromatic heterocycles. The largest absolute Gasteiger partial charge is 0.389 e. The molecule has 1 heterocycles. The van der Waals surface area contributed by atoms with E-state index < -0.39 is 6.10 Å². The maximum absolute atomic E-state index is 10.6. The first-order valence-electron chi connectivity index (χ1n) is 12.3. The molecule has 0 aliphatic carbocycles. The van der Waals surface area contributed by atoms with Gasteiger partial charge in [-0.05, 0) is 56.9 Å². The molecule has 0 saturated heterocycles. The van der Waals surface area contributed by atoms with Crippen LogP contribution < -0.4 is 4.90 Å². The van der Waals surface area contributed by atoms with Crippen molar-refractivity contribution in [1.82, 2.24) is 4.98 Å². The minimum absolute atomic E-state index is 0.319. The highest BCUT2D eigenvalue weighted by Crippen LogP contribution is 2.36. The number of hydrogen-bond acceptors (Lipinski definition) is 4. The number of halogens is 1. The first-order chi connectivity index (χ1) is 15.8. The van der Waals surface area contributed by atoms with Crippen molar-refractivity contribution in [3.8, 4) is 0 Å². The number of aromatic nitrogens is 1. The van der Waals surface area contributed by atoms with Gasteiger partial charge in [-0.15, -0.1) is 0 Å². The lowest BCUT2D eigenvalue weighted by atomic mass is 9.96. The Labute approximate surface area is 206 Å². The average Bonchev–Trinajstić information content (AvgIpc) is 2.78. The summed E-state index contributed by atoms with van der Waals surface area (Å²) in [5.41, 5.74) is 6.88. The molecular formula is C28H43ClN2O2. The fraction of sp³-hybridized carbons (Fsp3) is 0.536. The van der Waals surface area contributed by atoms with E-state index in [4.69, 9.17) is 21.3 Å². The van der Waals surface area contributed by atoms with Gasteiger partial charge in [0.1, 0.15) is 0 Å². The van der Waals surface area contributed by atoms with Crippen LogP contribution in [0.3, 0.4) is 0 Å². The highest BCUT2D eigenvalue weighted by atomic mass is 35.5. The fourth-order valence-corrected chi connectivity index (χ4v) is 4.22. The third-order valence-electron chi connectivity index (χ3n) is 5.21. The van der Waals surface area contributed by atoms with Crippen LogP contribution in [0.4, 0.5) is 5.69 Å². The molecule has 0 amide bonds. The molecule has 0 spiro atoms. The van der Waals surface area contributed by atoms with Crippen molar-refractivity contribution >= 4 is 22.9 Å². The van der Waals surface area contributed by atoms with Crippen LogP contribution in [-0.4, -0.2) is 42.5 Å². The zero-order valence-corrected chi connectivity index (χ0v) is 22.4. The standard InChI is InChI=1S/C26H37ClN2O2.C2H6/c1-7-10-21-15-19(5)28-25(20(6)23-12-11-18(4)14-24(23)27)26(21)29(13-8-2)16-22(30)17-31-9-3;1-2/h11-12,14-15,22,30H,6-10,13,16-17H2,1-5H3;1-2H3. The second kappa shape index (κ2) is 15.1. The number of rotatable bonds is 12. The summed E-state index contributed by atoms with van der Waals surface area (Å²) in [5.74, 6) is 0. The lowest BCUT2D eigenvalue weighted by Crippen LogP contribution is -2.37. The third kappa shape index (κ3) is 8.44. The molecule has 0 aliphatic heterocycles. The van der Waals surface area contributed by atoms with E-state index in [2.05, 4.69) is 31.4 Å².